The second-order valence-electron chi connectivity index (χ2n) is 7.22. The van der Waals surface area contributed by atoms with Crippen LogP contribution in [0, 0.1) is 0 Å². The Kier molecular flexibility index (Phi) is 4.79. The zero-order valence-electron chi connectivity index (χ0n) is 14.7. The monoisotopic (exact) mass is 421 g/mol. The predicted molar refractivity (Wildman–Crippen MR) is 95.4 cm³/mol. The van der Waals surface area contributed by atoms with Crippen molar-refractivity contribution in [1.82, 2.24) is 25.7 Å². The van der Waals surface area contributed by atoms with Gasteiger partial charge in [0.05, 0.1) is 17.8 Å². The molecule has 0 radical (unpaired) electrons. The standard InChI is InChI=1S/C16H20ClF4N7/c17-13-9(6-25-28(13)12-3-4-23-7-11(12)18)16(22)24-5-10(15(19,20)21)14(27-16)26-8-1-2-8/h5-6,8,11-12,23-24H,1-4,7,22H2,(H,26,27)/t11-,12-,16?/m0/s1. The van der Waals surface area contributed by atoms with Gasteiger partial charge in [-0.2, -0.15) is 18.3 Å². The molecule has 1 saturated heterocycles. The lowest BCUT2D eigenvalue weighted by Crippen LogP contribution is -2.52. The van der Waals surface area contributed by atoms with Crippen molar-refractivity contribution >= 4 is 17.4 Å². The van der Waals surface area contributed by atoms with Gasteiger partial charge in [0.1, 0.15) is 22.7 Å². The summed E-state index contributed by atoms with van der Waals surface area (Å²) in [5.74, 6) is -2.09. The van der Waals surface area contributed by atoms with Crippen LogP contribution in [0.25, 0.3) is 0 Å². The van der Waals surface area contributed by atoms with Crippen molar-refractivity contribution in [1.29, 1.82) is 0 Å². The molecule has 12 heteroatoms. The van der Waals surface area contributed by atoms with Gasteiger partial charge in [-0.25, -0.2) is 14.1 Å². The number of alkyl halides is 4. The Morgan fingerprint density at radius 1 is 1.32 bits per heavy atom. The highest BCUT2D eigenvalue weighted by Gasteiger charge is 2.45. The van der Waals surface area contributed by atoms with E-state index in [4.69, 9.17) is 17.3 Å². The number of aromatic nitrogens is 2. The summed E-state index contributed by atoms with van der Waals surface area (Å²) in [6, 6.07) is -0.643. The van der Waals surface area contributed by atoms with Gasteiger partial charge in [-0.05, 0) is 25.8 Å². The van der Waals surface area contributed by atoms with Gasteiger partial charge in [-0.3, -0.25) is 5.73 Å². The highest BCUT2D eigenvalue weighted by molar-refractivity contribution is 6.30. The van der Waals surface area contributed by atoms with E-state index < -0.39 is 29.7 Å². The first-order valence-corrected chi connectivity index (χ1v) is 9.36. The lowest BCUT2D eigenvalue weighted by atomic mass is 10.1. The maximum Gasteiger partial charge on any atom is 0.421 e. The topological polar surface area (TPSA) is 92.3 Å². The van der Waals surface area contributed by atoms with Crippen molar-refractivity contribution in [2.45, 2.75) is 49.5 Å². The Morgan fingerprint density at radius 3 is 2.71 bits per heavy atom. The molecule has 0 amide bonds. The molecule has 3 aliphatic rings. The van der Waals surface area contributed by atoms with Gasteiger partial charge in [0.25, 0.3) is 0 Å². The molecule has 4 rings (SSSR count). The van der Waals surface area contributed by atoms with Crippen LogP contribution in [0.15, 0.2) is 23.0 Å². The van der Waals surface area contributed by atoms with Crippen LogP contribution in [0.3, 0.4) is 0 Å². The third kappa shape index (κ3) is 3.58. The Morgan fingerprint density at radius 2 is 2.07 bits per heavy atom. The number of nitrogens with two attached hydrogens (primary N) is 1. The molecule has 1 saturated carbocycles. The van der Waals surface area contributed by atoms with Gasteiger partial charge in [-0.1, -0.05) is 11.6 Å². The lowest BCUT2D eigenvalue weighted by molar-refractivity contribution is -0.0872. The van der Waals surface area contributed by atoms with Crippen LogP contribution in [0.1, 0.15) is 30.9 Å². The van der Waals surface area contributed by atoms with E-state index in [0.29, 0.717) is 13.0 Å². The molecule has 0 aromatic carbocycles. The van der Waals surface area contributed by atoms with Crippen LogP contribution in [-0.4, -0.2) is 47.1 Å². The maximum atomic E-state index is 14.3. The fraction of sp³-hybridized carbons (Fsp3) is 0.625. The number of rotatable bonds is 3. The normalized spacial score (nSPS) is 31.1. The summed E-state index contributed by atoms with van der Waals surface area (Å²) in [4.78, 5) is 4.09. The minimum absolute atomic E-state index is 0.0444. The smallest absolute Gasteiger partial charge is 0.367 e. The highest BCUT2D eigenvalue weighted by Crippen LogP contribution is 2.36. The van der Waals surface area contributed by atoms with Crippen molar-refractivity contribution in [3.8, 4) is 0 Å². The van der Waals surface area contributed by atoms with Crippen molar-refractivity contribution in [3.63, 3.8) is 0 Å². The van der Waals surface area contributed by atoms with E-state index in [-0.39, 0.29) is 29.1 Å². The third-order valence-electron chi connectivity index (χ3n) is 5.04. The Labute approximate surface area is 163 Å². The number of piperidine rings is 1. The Hall–Kier alpha value is -1.85. The molecule has 1 aromatic heterocycles. The molecule has 3 heterocycles. The largest absolute Gasteiger partial charge is 0.421 e. The molecular weight excluding hydrogens is 402 g/mol. The zero-order valence-corrected chi connectivity index (χ0v) is 15.5. The summed E-state index contributed by atoms with van der Waals surface area (Å²) in [6.07, 6.45) is -1.69. The maximum absolute atomic E-state index is 14.3. The first-order chi connectivity index (χ1) is 13.2. The minimum atomic E-state index is -4.60. The molecule has 154 valence electrons. The molecule has 1 aromatic rings. The molecule has 7 nitrogen and oxygen atoms in total. The third-order valence-corrected chi connectivity index (χ3v) is 5.41. The number of hydrogen-bond acceptors (Lipinski definition) is 6. The quantitative estimate of drug-likeness (QED) is 0.557. The highest BCUT2D eigenvalue weighted by atomic mass is 35.5. The van der Waals surface area contributed by atoms with Gasteiger partial charge in [-0.15, -0.1) is 0 Å². The van der Waals surface area contributed by atoms with Crippen LogP contribution < -0.4 is 21.7 Å². The van der Waals surface area contributed by atoms with Crippen LogP contribution in [0.5, 0.6) is 0 Å². The molecule has 1 aliphatic carbocycles. The van der Waals surface area contributed by atoms with Crippen molar-refractivity contribution < 1.29 is 17.6 Å². The Balaban J connectivity index is 1.67. The molecule has 28 heavy (non-hydrogen) atoms. The molecule has 0 spiro atoms. The summed E-state index contributed by atoms with van der Waals surface area (Å²) in [5.41, 5.74) is 5.49. The van der Waals surface area contributed by atoms with Gasteiger partial charge < -0.3 is 16.0 Å². The van der Waals surface area contributed by atoms with Crippen molar-refractivity contribution in [3.05, 3.63) is 28.7 Å². The van der Waals surface area contributed by atoms with Gasteiger partial charge in [0.15, 0.2) is 0 Å². The van der Waals surface area contributed by atoms with E-state index in [2.05, 4.69) is 26.0 Å². The molecule has 0 bridgehead atoms. The number of aliphatic imine (C=N–C) groups is 1. The van der Waals surface area contributed by atoms with E-state index >= 15 is 0 Å². The number of nitrogens with zero attached hydrogens (tertiary/aromatic N) is 3. The molecule has 2 aliphatic heterocycles. The first-order valence-electron chi connectivity index (χ1n) is 8.98. The molecule has 5 N–H and O–H groups in total. The first kappa shape index (κ1) is 19.5. The van der Waals surface area contributed by atoms with Crippen LogP contribution in [0.2, 0.25) is 5.15 Å². The Bertz CT molecular complexity index is 816. The zero-order chi connectivity index (χ0) is 20.1. The van der Waals surface area contributed by atoms with E-state index in [1.807, 2.05) is 0 Å². The van der Waals surface area contributed by atoms with E-state index in [1.54, 1.807) is 0 Å². The van der Waals surface area contributed by atoms with Crippen molar-refractivity contribution in [2.24, 2.45) is 10.7 Å². The SMILES string of the molecule is NC1(c2cnn([C@H]3CCNC[C@@H]3F)c2Cl)N=C(NC2CC2)C(C(F)(F)F)=CN1. The van der Waals surface area contributed by atoms with Crippen molar-refractivity contribution in [2.75, 3.05) is 13.1 Å². The van der Waals surface area contributed by atoms with E-state index in [1.165, 1.54) is 10.9 Å². The summed E-state index contributed by atoms with van der Waals surface area (Å²) in [6.45, 7) is 0.779. The summed E-state index contributed by atoms with van der Waals surface area (Å²) in [5, 5.41) is 12.4. The second kappa shape index (κ2) is 6.89. The lowest BCUT2D eigenvalue weighted by Gasteiger charge is -2.32. The summed E-state index contributed by atoms with van der Waals surface area (Å²) in [7, 11) is 0. The number of nitrogens with one attached hydrogen (secondary N) is 3. The predicted octanol–water partition coefficient (Wildman–Crippen LogP) is 1.68. The van der Waals surface area contributed by atoms with E-state index in [0.717, 1.165) is 19.0 Å². The minimum Gasteiger partial charge on any atom is -0.367 e. The van der Waals surface area contributed by atoms with Gasteiger partial charge >= 0.3 is 6.18 Å². The van der Waals surface area contributed by atoms with Crippen LogP contribution >= 0.6 is 11.6 Å². The fourth-order valence-corrected chi connectivity index (χ4v) is 3.68. The second-order valence-corrected chi connectivity index (χ2v) is 7.57. The average molecular weight is 422 g/mol. The molecule has 3 atom stereocenters. The number of halogens is 5. The van der Waals surface area contributed by atoms with Crippen LogP contribution in [0.4, 0.5) is 17.6 Å². The number of amidine groups is 1. The average Bonchev–Trinajstić information content (AvgIpc) is 3.34. The molecule has 1 unspecified atom stereocenters. The molecular formula is C16H20ClF4N7. The molecule has 2 fully saturated rings. The summed E-state index contributed by atoms with van der Waals surface area (Å²) >= 11 is 6.40. The van der Waals surface area contributed by atoms with Gasteiger partial charge in [0.2, 0.25) is 5.79 Å². The fourth-order valence-electron chi connectivity index (χ4n) is 3.32. The number of hydrogen-bond donors (Lipinski definition) is 4. The van der Waals surface area contributed by atoms with E-state index in [9.17, 15) is 17.6 Å². The van der Waals surface area contributed by atoms with Gasteiger partial charge in [0, 0.05) is 18.8 Å². The van der Waals surface area contributed by atoms with Crippen LogP contribution in [-0.2, 0) is 5.79 Å². The summed E-state index contributed by atoms with van der Waals surface area (Å²) < 4.78 is 55.6.